The summed E-state index contributed by atoms with van der Waals surface area (Å²) in [5.41, 5.74) is 6.33. The van der Waals surface area contributed by atoms with Crippen LogP contribution in [0.2, 0.25) is 0 Å². The van der Waals surface area contributed by atoms with Gasteiger partial charge in [-0.15, -0.1) is 0 Å². The van der Waals surface area contributed by atoms with Crippen LogP contribution in [-0.4, -0.2) is 27.2 Å². The van der Waals surface area contributed by atoms with Crippen LogP contribution >= 0.6 is 0 Å². The molecule has 0 bridgehead atoms. The summed E-state index contributed by atoms with van der Waals surface area (Å²) in [6.07, 6.45) is 2.29. The van der Waals surface area contributed by atoms with E-state index in [0.29, 0.717) is 11.7 Å². The smallest absolute Gasteiger partial charge is 0.136 e. The summed E-state index contributed by atoms with van der Waals surface area (Å²) in [6.45, 7) is 5.76. The molecule has 0 aromatic carbocycles. The molecule has 1 saturated carbocycles. The highest BCUT2D eigenvalue weighted by Crippen LogP contribution is 2.39. The zero-order valence-corrected chi connectivity index (χ0v) is 10.6. The fourth-order valence-corrected chi connectivity index (χ4v) is 1.56. The molecule has 2 rings (SSSR count). The number of nitrogens with zero attached hydrogens (tertiary/aromatic N) is 2. The third-order valence-corrected chi connectivity index (χ3v) is 3.00. The molecule has 0 amide bonds. The van der Waals surface area contributed by atoms with Crippen LogP contribution in [0.5, 0.6) is 0 Å². The van der Waals surface area contributed by atoms with Crippen molar-refractivity contribution in [1.29, 1.82) is 0 Å². The SMILES string of the molecule is Cc1c(N)nc(C2CC2)nc1NC(C)(C)CO. The van der Waals surface area contributed by atoms with Gasteiger partial charge in [0.25, 0.3) is 0 Å². The van der Waals surface area contributed by atoms with E-state index >= 15 is 0 Å². The van der Waals surface area contributed by atoms with Gasteiger partial charge in [0, 0.05) is 11.5 Å². The fourth-order valence-electron chi connectivity index (χ4n) is 1.56. The first kappa shape index (κ1) is 12.1. The minimum absolute atomic E-state index is 0.0368. The van der Waals surface area contributed by atoms with Crippen molar-refractivity contribution in [2.45, 2.75) is 45.1 Å². The first-order valence-corrected chi connectivity index (χ1v) is 5.96. The van der Waals surface area contributed by atoms with Crippen molar-refractivity contribution in [3.05, 3.63) is 11.4 Å². The van der Waals surface area contributed by atoms with Gasteiger partial charge < -0.3 is 16.2 Å². The zero-order chi connectivity index (χ0) is 12.6. The number of hydrogen-bond donors (Lipinski definition) is 3. The van der Waals surface area contributed by atoms with Gasteiger partial charge in [0.15, 0.2) is 0 Å². The van der Waals surface area contributed by atoms with E-state index in [1.165, 1.54) is 0 Å². The Morgan fingerprint density at radius 3 is 2.59 bits per heavy atom. The molecule has 5 heteroatoms. The molecule has 0 spiro atoms. The zero-order valence-electron chi connectivity index (χ0n) is 10.6. The van der Waals surface area contributed by atoms with Gasteiger partial charge >= 0.3 is 0 Å². The summed E-state index contributed by atoms with van der Waals surface area (Å²) in [5.74, 6) is 2.55. The van der Waals surface area contributed by atoms with Crippen LogP contribution in [0.4, 0.5) is 11.6 Å². The molecular formula is C12H20N4O. The van der Waals surface area contributed by atoms with Crippen LogP contribution in [0, 0.1) is 6.92 Å². The molecule has 4 N–H and O–H groups in total. The number of nitrogens with one attached hydrogen (secondary N) is 1. The number of aliphatic hydroxyl groups excluding tert-OH is 1. The normalized spacial score (nSPS) is 16.0. The number of hydrogen-bond acceptors (Lipinski definition) is 5. The average molecular weight is 236 g/mol. The lowest BCUT2D eigenvalue weighted by Gasteiger charge is -2.25. The maximum atomic E-state index is 9.27. The lowest BCUT2D eigenvalue weighted by Crippen LogP contribution is -2.35. The molecule has 5 nitrogen and oxygen atoms in total. The van der Waals surface area contributed by atoms with E-state index < -0.39 is 5.54 Å². The van der Waals surface area contributed by atoms with Gasteiger partial charge in [-0.2, -0.15) is 0 Å². The van der Waals surface area contributed by atoms with Gasteiger partial charge in [-0.3, -0.25) is 0 Å². The van der Waals surface area contributed by atoms with Gasteiger partial charge in [0.1, 0.15) is 17.5 Å². The van der Waals surface area contributed by atoms with E-state index in [0.717, 1.165) is 30.0 Å². The van der Waals surface area contributed by atoms with Crippen molar-refractivity contribution >= 4 is 11.6 Å². The van der Waals surface area contributed by atoms with Crippen molar-refractivity contribution in [3.8, 4) is 0 Å². The molecule has 0 aliphatic heterocycles. The number of aromatic nitrogens is 2. The van der Waals surface area contributed by atoms with Crippen LogP contribution in [0.3, 0.4) is 0 Å². The first-order chi connectivity index (χ1) is 7.93. The molecule has 0 unspecified atom stereocenters. The highest BCUT2D eigenvalue weighted by atomic mass is 16.3. The first-order valence-electron chi connectivity index (χ1n) is 5.96. The molecular weight excluding hydrogens is 216 g/mol. The minimum atomic E-state index is -0.410. The predicted octanol–water partition coefficient (Wildman–Crippen LogP) is 1.43. The maximum Gasteiger partial charge on any atom is 0.136 e. The molecule has 0 saturated heterocycles. The Labute approximate surface area is 101 Å². The molecule has 1 fully saturated rings. The number of aliphatic hydroxyl groups is 1. The quantitative estimate of drug-likeness (QED) is 0.736. The fraction of sp³-hybridized carbons (Fsp3) is 0.667. The molecule has 94 valence electrons. The molecule has 1 aromatic rings. The molecule has 1 aliphatic rings. The number of rotatable bonds is 4. The number of anilines is 2. The second-order valence-electron chi connectivity index (χ2n) is 5.38. The van der Waals surface area contributed by atoms with E-state index in [-0.39, 0.29) is 6.61 Å². The largest absolute Gasteiger partial charge is 0.394 e. The Kier molecular flexibility index (Phi) is 2.95. The van der Waals surface area contributed by atoms with Gasteiger partial charge in [-0.25, -0.2) is 9.97 Å². The van der Waals surface area contributed by atoms with E-state index in [1.54, 1.807) is 0 Å². The van der Waals surface area contributed by atoms with E-state index in [9.17, 15) is 5.11 Å². The van der Waals surface area contributed by atoms with Crippen LogP contribution in [-0.2, 0) is 0 Å². The summed E-state index contributed by atoms with van der Waals surface area (Å²) in [6, 6.07) is 0. The monoisotopic (exact) mass is 236 g/mol. The van der Waals surface area contributed by atoms with Crippen LogP contribution in [0.15, 0.2) is 0 Å². The minimum Gasteiger partial charge on any atom is -0.394 e. The third kappa shape index (κ3) is 2.66. The van der Waals surface area contributed by atoms with Gasteiger partial charge in [-0.05, 0) is 33.6 Å². The Hall–Kier alpha value is -1.36. The maximum absolute atomic E-state index is 9.27. The van der Waals surface area contributed by atoms with Crippen LogP contribution < -0.4 is 11.1 Å². The highest BCUT2D eigenvalue weighted by molar-refractivity contribution is 5.56. The second kappa shape index (κ2) is 4.14. The standard InChI is InChI=1S/C12H20N4O/c1-7-9(13)14-11(8-4-5-8)15-10(7)16-12(2,3)6-17/h8,17H,4-6H2,1-3H3,(H3,13,14,15,16). The van der Waals surface area contributed by atoms with Crippen molar-refractivity contribution < 1.29 is 5.11 Å². The summed E-state index contributed by atoms with van der Waals surface area (Å²) in [7, 11) is 0. The van der Waals surface area contributed by atoms with E-state index in [4.69, 9.17) is 5.73 Å². The summed E-state index contributed by atoms with van der Waals surface area (Å²) in [4.78, 5) is 8.83. The lowest BCUT2D eigenvalue weighted by molar-refractivity contribution is 0.234. The lowest BCUT2D eigenvalue weighted by atomic mass is 10.1. The Balaban J connectivity index is 2.31. The Morgan fingerprint density at radius 2 is 2.06 bits per heavy atom. The number of nitrogens with two attached hydrogens (primary N) is 1. The van der Waals surface area contributed by atoms with Crippen LogP contribution in [0.25, 0.3) is 0 Å². The topological polar surface area (TPSA) is 84.1 Å². The van der Waals surface area contributed by atoms with Crippen LogP contribution in [0.1, 0.15) is 44.0 Å². The second-order valence-corrected chi connectivity index (χ2v) is 5.38. The van der Waals surface area contributed by atoms with Crippen molar-refractivity contribution in [1.82, 2.24) is 9.97 Å². The molecule has 0 atom stereocenters. The Morgan fingerprint density at radius 1 is 1.41 bits per heavy atom. The van der Waals surface area contributed by atoms with Crippen molar-refractivity contribution in [2.24, 2.45) is 0 Å². The van der Waals surface area contributed by atoms with Crippen molar-refractivity contribution in [2.75, 3.05) is 17.7 Å². The third-order valence-electron chi connectivity index (χ3n) is 3.00. The highest BCUT2D eigenvalue weighted by Gasteiger charge is 2.28. The number of nitrogen functional groups attached to an aromatic ring is 1. The summed E-state index contributed by atoms with van der Waals surface area (Å²) < 4.78 is 0. The predicted molar refractivity (Wildman–Crippen MR) is 67.9 cm³/mol. The van der Waals surface area contributed by atoms with Gasteiger partial charge in [0.05, 0.1) is 12.1 Å². The Bertz CT molecular complexity index is 427. The molecule has 0 radical (unpaired) electrons. The van der Waals surface area contributed by atoms with Crippen molar-refractivity contribution in [3.63, 3.8) is 0 Å². The van der Waals surface area contributed by atoms with E-state index in [2.05, 4.69) is 15.3 Å². The summed E-state index contributed by atoms with van der Waals surface area (Å²) in [5, 5.41) is 12.5. The summed E-state index contributed by atoms with van der Waals surface area (Å²) >= 11 is 0. The molecule has 1 aliphatic carbocycles. The molecule has 1 aromatic heterocycles. The van der Waals surface area contributed by atoms with E-state index in [1.807, 2.05) is 20.8 Å². The average Bonchev–Trinajstić information content (AvgIpc) is 3.08. The van der Waals surface area contributed by atoms with Gasteiger partial charge in [-0.1, -0.05) is 0 Å². The molecule has 17 heavy (non-hydrogen) atoms. The van der Waals surface area contributed by atoms with Gasteiger partial charge in [0.2, 0.25) is 0 Å². The molecule has 1 heterocycles.